The summed E-state index contributed by atoms with van der Waals surface area (Å²) in [6.45, 7) is 1.36. The number of hydrogen-bond donors (Lipinski definition) is 0. The number of halogens is 3. The lowest BCUT2D eigenvalue weighted by Gasteiger charge is -2.18. The number of allylic oxidation sites excluding steroid dienone is 2. The first-order valence-electron chi connectivity index (χ1n) is 6.21. The van der Waals surface area contributed by atoms with Crippen LogP contribution in [0, 0.1) is 0 Å². The maximum atomic E-state index is 12.4. The summed E-state index contributed by atoms with van der Waals surface area (Å²) in [5.41, 5.74) is 0. The van der Waals surface area contributed by atoms with Crippen LogP contribution in [0.15, 0.2) is 35.4 Å². The Morgan fingerprint density at radius 1 is 1.33 bits per heavy atom. The maximum absolute atomic E-state index is 12.4. The van der Waals surface area contributed by atoms with Crippen molar-refractivity contribution in [1.82, 2.24) is 0 Å². The Bertz CT molecular complexity index is 561. The second kappa shape index (κ2) is 7.17. The highest BCUT2D eigenvalue weighted by Gasteiger charge is 2.32. The quantitative estimate of drug-likeness (QED) is 0.757. The molecule has 0 bridgehead atoms. The van der Waals surface area contributed by atoms with Gasteiger partial charge >= 0.3 is 6.18 Å². The molecule has 1 aliphatic rings. The average Bonchev–Trinajstić information content (AvgIpc) is 2.93. The van der Waals surface area contributed by atoms with Gasteiger partial charge < -0.3 is 4.74 Å². The molecule has 2 nitrogen and oxygen atoms in total. The molecule has 2 rings (SSSR count). The molecule has 0 saturated carbocycles. The van der Waals surface area contributed by atoms with Crippen LogP contribution in [0.4, 0.5) is 13.2 Å². The first kappa shape index (κ1) is 16.2. The summed E-state index contributed by atoms with van der Waals surface area (Å²) in [6.07, 6.45) is 4.48. The van der Waals surface area contributed by atoms with Crippen LogP contribution in [0.25, 0.3) is 6.08 Å². The van der Waals surface area contributed by atoms with Crippen molar-refractivity contribution in [3.63, 3.8) is 0 Å². The molecule has 0 saturated heterocycles. The molecule has 0 radical (unpaired) electrons. The van der Waals surface area contributed by atoms with E-state index < -0.39 is 11.1 Å². The zero-order valence-electron chi connectivity index (χ0n) is 11.3. The second-order valence-electron chi connectivity index (χ2n) is 4.27. The summed E-state index contributed by atoms with van der Waals surface area (Å²) in [7, 11) is 0. The van der Waals surface area contributed by atoms with E-state index in [0.717, 1.165) is 23.9 Å². The fraction of sp³-hybridized carbons (Fsp3) is 0.357. The van der Waals surface area contributed by atoms with E-state index in [4.69, 9.17) is 4.74 Å². The minimum atomic E-state index is -4.27. The number of nitrogens with zero attached hydrogens (tertiary/aromatic N) is 1. The van der Waals surface area contributed by atoms with Gasteiger partial charge in [0.15, 0.2) is 0 Å². The predicted octanol–water partition coefficient (Wildman–Crippen LogP) is 4.50. The molecule has 1 aliphatic heterocycles. The lowest BCUT2D eigenvalue weighted by Crippen LogP contribution is -2.23. The molecule has 0 amide bonds. The molecule has 1 aromatic rings. The number of thioether (sulfide) groups is 1. The second-order valence-corrected chi connectivity index (χ2v) is 6.52. The van der Waals surface area contributed by atoms with Crippen LogP contribution in [0.1, 0.15) is 9.75 Å². The van der Waals surface area contributed by atoms with Crippen LogP contribution < -0.4 is 0 Å². The summed E-state index contributed by atoms with van der Waals surface area (Å²) in [6, 6.07) is 2.54. The first-order valence-corrected chi connectivity index (χ1v) is 8.31. The molecule has 0 aromatic carbocycles. The van der Waals surface area contributed by atoms with E-state index >= 15 is 0 Å². The average molecular weight is 333 g/mol. The van der Waals surface area contributed by atoms with Crippen molar-refractivity contribution >= 4 is 35.1 Å². The monoisotopic (exact) mass is 333 g/mol. The number of hydrogen-bond acceptors (Lipinski definition) is 4. The van der Waals surface area contributed by atoms with E-state index in [9.17, 15) is 13.2 Å². The Labute approximate surface area is 129 Å². The summed E-state index contributed by atoms with van der Waals surface area (Å²) in [5, 5.41) is 0.393. The van der Waals surface area contributed by atoms with Gasteiger partial charge in [-0.15, -0.1) is 11.3 Å². The lowest BCUT2D eigenvalue weighted by molar-refractivity contribution is -0.134. The highest BCUT2D eigenvalue weighted by Crippen LogP contribution is 2.34. The minimum Gasteiger partial charge on any atom is -0.477 e. The fourth-order valence-corrected chi connectivity index (χ4v) is 2.81. The Morgan fingerprint density at radius 3 is 2.67 bits per heavy atom. The predicted molar refractivity (Wildman–Crippen MR) is 83.1 cm³/mol. The SMILES string of the molecule is CSC1CN=C(C=CC=Cc2ccc(C(F)(F)F)s2)OC1. The molecule has 7 heteroatoms. The van der Waals surface area contributed by atoms with Crippen molar-refractivity contribution in [2.45, 2.75) is 11.4 Å². The Hall–Kier alpha value is -1.21. The van der Waals surface area contributed by atoms with Gasteiger partial charge in [0.2, 0.25) is 5.90 Å². The molecule has 2 heterocycles. The van der Waals surface area contributed by atoms with Crippen LogP contribution >= 0.6 is 23.1 Å². The Balaban J connectivity index is 1.89. The van der Waals surface area contributed by atoms with Gasteiger partial charge in [0.1, 0.15) is 11.5 Å². The Kier molecular flexibility index (Phi) is 5.52. The first-order chi connectivity index (χ1) is 9.99. The molecular formula is C14H14F3NOS2. The topological polar surface area (TPSA) is 21.6 Å². The van der Waals surface area contributed by atoms with Gasteiger partial charge in [0, 0.05) is 4.88 Å². The van der Waals surface area contributed by atoms with E-state index in [1.54, 1.807) is 36.1 Å². The van der Waals surface area contributed by atoms with E-state index in [1.165, 1.54) is 6.07 Å². The molecular weight excluding hydrogens is 319 g/mol. The van der Waals surface area contributed by atoms with Crippen LogP contribution in [0.2, 0.25) is 0 Å². The number of thiophene rings is 1. The van der Waals surface area contributed by atoms with E-state index in [2.05, 4.69) is 4.99 Å². The van der Waals surface area contributed by atoms with Crippen LogP contribution in [-0.2, 0) is 10.9 Å². The molecule has 114 valence electrons. The molecule has 0 fully saturated rings. The van der Waals surface area contributed by atoms with Crippen LogP contribution in [0.5, 0.6) is 0 Å². The Morgan fingerprint density at radius 2 is 2.10 bits per heavy atom. The zero-order chi connectivity index (χ0) is 15.3. The fourth-order valence-electron chi connectivity index (χ4n) is 1.59. The number of rotatable bonds is 4. The smallest absolute Gasteiger partial charge is 0.425 e. The highest BCUT2D eigenvalue weighted by molar-refractivity contribution is 7.99. The standard InChI is InChI=1S/C14H14F3NOS2/c1-20-11-8-18-13(19-9-11)5-3-2-4-10-6-7-12(21-10)14(15,16)17/h2-7,11H,8-9H2,1H3. The van der Waals surface area contributed by atoms with Gasteiger partial charge in [-0.2, -0.15) is 24.9 Å². The summed E-state index contributed by atoms with van der Waals surface area (Å²) >= 11 is 2.44. The van der Waals surface area contributed by atoms with Gasteiger partial charge in [-0.05, 0) is 30.5 Å². The summed E-state index contributed by atoms with van der Waals surface area (Å²) < 4.78 is 42.7. The van der Waals surface area contributed by atoms with Gasteiger partial charge in [0.05, 0.1) is 11.8 Å². The van der Waals surface area contributed by atoms with E-state index in [1.807, 2.05) is 6.26 Å². The zero-order valence-corrected chi connectivity index (χ0v) is 12.9. The minimum absolute atomic E-state index is 0.393. The largest absolute Gasteiger partial charge is 0.477 e. The molecule has 0 spiro atoms. The van der Waals surface area contributed by atoms with Crippen LogP contribution in [-0.4, -0.2) is 30.6 Å². The van der Waals surface area contributed by atoms with Gasteiger partial charge in [-0.3, -0.25) is 4.99 Å². The lowest BCUT2D eigenvalue weighted by atomic mass is 10.3. The molecule has 1 unspecified atom stereocenters. The van der Waals surface area contributed by atoms with Gasteiger partial charge in [-0.25, -0.2) is 0 Å². The molecule has 1 aromatic heterocycles. The van der Waals surface area contributed by atoms with Gasteiger partial charge in [-0.1, -0.05) is 12.2 Å². The number of alkyl halides is 3. The molecule has 21 heavy (non-hydrogen) atoms. The highest BCUT2D eigenvalue weighted by atomic mass is 32.2. The molecule has 0 aliphatic carbocycles. The third-order valence-corrected chi connectivity index (χ3v) is 4.76. The van der Waals surface area contributed by atoms with Crippen molar-refractivity contribution in [2.75, 3.05) is 19.4 Å². The number of ether oxygens (including phenoxy) is 1. The maximum Gasteiger partial charge on any atom is 0.425 e. The van der Waals surface area contributed by atoms with Crippen molar-refractivity contribution < 1.29 is 17.9 Å². The summed E-state index contributed by atoms with van der Waals surface area (Å²) in [5.74, 6) is 0.562. The van der Waals surface area contributed by atoms with Gasteiger partial charge in [0.25, 0.3) is 0 Å². The van der Waals surface area contributed by atoms with E-state index in [-0.39, 0.29) is 0 Å². The number of aliphatic imine (C=N–C) groups is 1. The third kappa shape index (κ3) is 4.93. The molecule has 0 N–H and O–H groups in total. The van der Waals surface area contributed by atoms with Crippen LogP contribution in [0.3, 0.4) is 0 Å². The third-order valence-electron chi connectivity index (χ3n) is 2.72. The molecule has 1 atom stereocenters. The van der Waals surface area contributed by atoms with Crippen molar-refractivity contribution in [3.8, 4) is 0 Å². The van der Waals surface area contributed by atoms with Crippen molar-refractivity contribution in [2.24, 2.45) is 4.99 Å². The summed E-state index contributed by atoms with van der Waals surface area (Å²) in [4.78, 5) is 4.24. The normalized spacial score (nSPS) is 20.0. The van der Waals surface area contributed by atoms with Crippen molar-refractivity contribution in [1.29, 1.82) is 0 Å². The van der Waals surface area contributed by atoms with Crippen molar-refractivity contribution in [3.05, 3.63) is 40.1 Å². The van der Waals surface area contributed by atoms with E-state index in [0.29, 0.717) is 22.6 Å².